The fraction of sp³-hybridized carbons (Fsp3) is 0.227. The molecule has 1 atom stereocenters. The fourth-order valence-electron chi connectivity index (χ4n) is 3.32. The number of benzene rings is 2. The zero-order chi connectivity index (χ0) is 20.2. The van der Waals surface area contributed by atoms with Crippen LogP contribution in [-0.4, -0.2) is 32.9 Å². The Bertz CT molecular complexity index is 1030. The Morgan fingerprint density at radius 1 is 1.21 bits per heavy atom. The quantitative estimate of drug-likeness (QED) is 0.628. The van der Waals surface area contributed by atoms with E-state index in [0.717, 1.165) is 30.6 Å². The van der Waals surface area contributed by atoms with E-state index in [1.54, 1.807) is 18.2 Å². The molecule has 29 heavy (non-hydrogen) atoms. The van der Waals surface area contributed by atoms with Crippen molar-refractivity contribution in [3.8, 4) is 0 Å². The standard InChI is InChI=1S/C22H21FN4OS/c1-15(21(28)27-14-4-6-17-5-2-3-7-19(17)27)29-22-24-20(25-26-22)13-10-16-8-11-18(23)12-9-16/h2-3,5,7-13,15H,4,6,14H2,1H3,(H,24,25,26)/b13-10-/t15-/m0/s1. The molecule has 0 bridgehead atoms. The number of para-hydroxylation sites is 1. The van der Waals surface area contributed by atoms with Crippen LogP contribution in [0.1, 0.15) is 30.3 Å². The van der Waals surface area contributed by atoms with Crippen LogP contribution in [0.4, 0.5) is 10.1 Å². The predicted molar refractivity (Wildman–Crippen MR) is 114 cm³/mol. The van der Waals surface area contributed by atoms with Gasteiger partial charge in [0.1, 0.15) is 11.6 Å². The third-order valence-corrected chi connectivity index (χ3v) is 5.74. The van der Waals surface area contributed by atoms with Crippen molar-refractivity contribution in [3.05, 3.63) is 71.3 Å². The molecule has 1 aliphatic rings. The van der Waals surface area contributed by atoms with Crippen molar-refractivity contribution in [2.45, 2.75) is 30.2 Å². The molecule has 0 aliphatic carbocycles. The lowest BCUT2D eigenvalue weighted by molar-refractivity contribution is -0.117. The predicted octanol–water partition coefficient (Wildman–Crippen LogP) is 4.57. The van der Waals surface area contributed by atoms with Gasteiger partial charge in [0.15, 0.2) is 0 Å². The number of carbonyl (C=O) groups excluding carboxylic acids is 1. The highest BCUT2D eigenvalue weighted by Gasteiger charge is 2.27. The van der Waals surface area contributed by atoms with E-state index in [1.165, 1.54) is 29.5 Å². The van der Waals surface area contributed by atoms with Crippen LogP contribution >= 0.6 is 11.8 Å². The number of amides is 1. The molecule has 0 saturated heterocycles. The highest BCUT2D eigenvalue weighted by atomic mass is 32.2. The van der Waals surface area contributed by atoms with Crippen molar-refractivity contribution in [2.24, 2.45) is 0 Å². The maximum absolute atomic E-state index is 13.0. The second-order valence-electron chi connectivity index (χ2n) is 6.87. The lowest BCUT2D eigenvalue weighted by Gasteiger charge is -2.31. The SMILES string of the molecule is C[C@H](Sc1n[nH]c(/C=C\c2ccc(F)cc2)n1)C(=O)N1CCCc2ccccc21. The number of aryl methyl sites for hydroxylation is 1. The zero-order valence-corrected chi connectivity index (χ0v) is 16.8. The molecule has 148 valence electrons. The molecule has 1 aliphatic heterocycles. The Hall–Kier alpha value is -2.93. The van der Waals surface area contributed by atoms with Gasteiger partial charge in [0.25, 0.3) is 0 Å². The summed E-state index contributed by atoms with van der Waals surface area (Å²) in [5.41, 5.74) is 3.09. The molecule has 2 heterocycles. The van der Waals surface area contributed by atoms with E-state index in [4.69, 9.17) is 0 Å². The van der Waals surface area contributed by atoms with Crippen LogP contribution in [-0.2, 0) is 11.2 Å². The van der Waals surface area contributed by atoms with E-state index in [0.29, 0.717) is 11.0 Å². The van der Waals surface area contributed by atoms with Crippen LogP contribution in [0.25, 0.3) is 12.2 Å². The molecule has 2 aromatic carbocycles. The summed E-state index contributed by atoms with van der Waals surface area (Å²) in [5.74, 6) is 0.380. The first-order valence-electron chi connectivity index (χ1n) is 9.52. The molecule has 4 rings (SSSR count). The number of aromatic amines is 1. The van der Waals surface area contributed by atoms with Gasteiger partial charge >= 0.3 is 0 Å². The van der Waals surface area contributed by atoms with Crippen molar-refractivity contribution < 1.29 is 9.18 Å². The van der Waals surface area contributed by atoms with Gasteiger partial charge in [-0.2, -0.15) is 0 Å². The molecule has 7 heteroatoms. The molecule has 0 saturated carbocycles. The third-order valence-electron chi connectivity index (χ3n) is 4.79. The number of thioether (sulfide) groups is 1. The van der Waals surface area contributed by atoms with Crippen LogP contribution in [0.3, 0.4) is 0 Å². The number of nitrogens with zero attached hydrogens (tertiary/aromatic N) is 3. The minimum Gasteiger partial charge on any atom is -0.311 e. The minimum atomic E-state index is -0.300. The zero-order valence-electron chi connectivity index (χ0n) is 16.0. The van der Waals surface area contributed by atoms with E-state index in [2.05, 4.69) is 21.2 Å². The van der Waals surface area contributed by atoms with Crippen molar-refractivity contribution in [1.82, 2.24) is 15.2 Å². The summed E-state index contributed by atoms with van der Waals surface area (Å²) in [6, 6.07) is 14.3. The van der Waals surface area contributed by atoms with E-state index in [9.17, 15) is 9.18 Å². The molecule has 1 N–H and O–H groups in total. The summed E-state index contributed by atoms with van der Waals surface area (Å²) in [4.78, 5) is 19.3. The number of H-pyrrole nitrogens is 1. The van der Waals surface area contributed by atoms with Gasteiger partial charge in [-0.15, -0.1) is 5.10 Å². The number of halogens is 1. The van der Waals surface area contributed by atoms with E-state index < -0.39 is 0 Å². The molecule has 1 amide bonds. The number of fused-ring (bicyclic) bond motifs is 1. The summed E-state index contributed by atoms with van der Waals surface area (Å²) in [6.45, 7) is 2.62. The topological polar surface area (TPSA) is 61.9 Å². The molecule has 5 nitrogen and oxygen atoms in total. The highest BCUT2D eigenvalue weighted by molar-refractivity contribution is 8.00. The Morgan fingerprint density at radius 2 is 2.00 bits per heavy atom. The Kier molecular flexibility index (Phi) is 5.76. The van der Waals surface area contributed by atoms with Gasteiger partial charge in [-0.1, -0.05) is 48.2 Å². The lowest BCUT2D eigenvalue weighted by atomic mass is 10.0. The summed E-state index contributed by atoms with van der Waals surface area (Å²) in [7, 11) is 0. The first kappa shape index (κ1) is 19.4. The first-order chi connectivity index (χ1) is 14.1. The fourth-order valence-corrected chi connectivity index (χ4v) is 4.12. The number of anilines is 1. The summed E-state index contributed by atoms with van der Waals surface area (Å²) in [6.07, 6.45) is 5.58. The van der Waals surface area contributed by atoms with E-state index in [-0.39, 0.29) is 17.0 Å². The Morgan fingerprint density at radius 3 is 2.83 bits per heavy atom. The van der Waals surface area contributed by atoms with Gasteiger partial charge in [0.2, 0.25) is 11.1 Å². The van der Waals surface area contributed by atoms with Gasteiger partial charge in [-0.05, 0) is 55.2 Å². The minimum absolute atomic E-state index is 0.0651. The molecule has 0 spiro atoms. The van der Waals surface area contributed by atoms with Crippen LogP contribution in [0.15, 0.2) is 53.7 Å². The summed E-state index contributed by atoms with van der Waals surface area (Å²) >= 11 is 1.34. The smallest absolute Gasteiger partial charge is 0.240 e. The second kappa shape index (κ2) is 8.61. The lowest BCUT2D eigenvalue weighted by Crippen LogP contribution is -2.40. The third kappa shape index (κ3) is 4.56. The van der Waals surface area contributed by atoms with Crippen LogP contribution in [0.2, 0.25) is 0 Å². The Balaban J connectivity index is 1.41. The average molecular weight is 409 g/mol. The number of carbonyl (C=O) groups is 1. The number of hydrogen-bond donors (Lipinski definition) is 1. The first-order valence-corrected chi connectivity index (χ1v) is 10.4. The van der Waals surface area contributed by atoms with Crippen molar-refractivity contribution in [3.63, 3.8) is 0 Å². The van der Waals surface area contributed by atoms with Crippen LogP contribution in [0.5, 0.6) is 0 Å². The largest absolute Gasteiger partial charge is 0.311 e. The van der Waals surface area contributed by atoms with Crippen LogP contribution < -0.4 is 4.90 Å². The normalized spacial score (nSPS) is 14.8. The van der Waals surface area contributed by atoms with Gasteiger partial charge in [0, 0.05) is 12.2 Å². The second-order valence-corrected chi connectivity index (χ2v) is 8.18. The average Bonchev–Trinajstić information content (AvgIpc) is 3.19. The Labute approximate surface area is 173 Å². The van der Waals surface area contributed by atoms with Gasteiger partial charge in [0.05, 0.1) is 5.25 Å². The van der Waals surface area contributed by atoms with E-state index in [1.807, 2.05) is 36.1 Å². The van der Waals surface area contributed by atoms with Crippen molar-refractivity contribution >= 4 is 35.5 Å². The number of nitrogens with one attached hydrogen (secondary N) is 1. The number of hydrogen-bond acceptors (Lipinski definition) is 4. The monoisotopic (exact) mass is 408 g/mol. The molecular weight excluding hydrogens is 387 g/mol. The van der Waals surface area contributed by atoms with Crippen molar-refractivity contribution in [2.75, 3.05) is 11.4 Å². The van der Waals surface area contributed by atoms with Crippen molar-refractivity contribution in [1.29, 1.82) is 0 Å². The molecule has 1 aromatic heterocycles. The van der Waals surface area contributed by atoms with E-state index >= 15 is 0 Å². The molecule has 3 aromatic rings. The highest BCUT2D eigenvalue weighted by Crippen LogP contribution is 2.30. The van der Waals surface area contributed by atoms with Gasteiger partial charge in [-0.25, -0.2) is 9.37 Å². The maximum atomic E-state index is 13.0. The van der Waals surface area contributed by atoms with Gasteiger partial charge < -0.3 is 4.90 Å². The number of aromatic nitrogens is 3. The number of rotatable bonds is 5. The summed E-state index contributed by atoms with van der Waals surface area (Å²) < 4.78 is 13.0. The maximum Gasteiger partial charge on any atom is 0.240 e. The van der Waals surface area contributed by atoms with Crippen LogP contribution in [0, 0.1) is 5.82 Å². The summed E-state index contributed by atoms with van der Waals surface area (Å²) in [5, 5.41) is 7.28. The molecule has 0 unspecified atom stereocenters. The molecule has 0 fully saturated rings. The molecular formula is C22H21FN4OS. The van der Waals surface area contributed by atoms with Gasteiger partial charge in [-0.3, -0.25) is 9.89 Å². The molecule has 0 radical (unpaired) electrons.